The van der Waals surface area contributed by atoms with Gasteiger partial charge in [0, 0.05) is 5.02 Å². The fourth-order valence-electron chi connectivity index (χ4n) is 3.04. The summed E-state index contributed by atoms with van der Waals surface area (Å²) in [4.78, 5) is 8.02. The fraction of sp³-hybridized carbons (Fsp3) is 0.0952. The van der Waals surface area contributed by atoms with E-state index in [1.807, 2.05) is 55.5 Å². The number of aromatic amines is 1. The maximum absolute atomic E-state index is 13.0. The maximum Gasteiger partial charge on any atom is 0.241 e. The van der Waals surface area contributed by atoms with E-state index in [2.05, 4.69) is 14.7 Å². The van der Waals surface area contributed by atoms with E-state index in [4.69, 9.17) is 11.6 Å². The number of rotatable bonds is 5. The minimum atomic E-state index is -3.79. The lowest BCUT2D eigenvalue weighted by Crippen LogP contribution is -2.30. The lowest BCUT2D eigenvalue weighted by molar-refractivity contribution is 0.568. The van der Waals surface area contributed by atoms with Gasteiger partial charge in [0.05, 0.1) is 15.9 Å². The second kappa shape index (κ2) is 7.39. The molecule has 1 aromatic heterocycles. The van der Waals surface area contributed by atoms with Crippen molar-refractivity contribution in [3.05, 3.63) is 94.8 Å². The summed E-state index contributed by atoms with van der Waals surface area (Å²) in [6.07, 6.45) is 0. The van der Waals surface area contributed by atoms with E-state index in [0.29, 0.717) is 10.8 Å². The molecule has 1 unspecified atom stereocenters. The smallest absolute Gasteiger partial charge is 0.241 e. The van der Waals surface area contributed by atoms with Gasteiger partial charge >= 0.3 is 0 Å². The van der Waals surface area contributed by atoms with E-state index in [9.17, 15) is 8.42 Å². The van der Waals surface area contributed by atoms with Gasteiger partial charge in [0.2, 0.25) is 10.0 Å². The first kappa shape index (κ1) is 18.7. The number of aryl methyl sites for hydroxylation is 1. The Hall–Kier alpha value is -2.67. The standard InChI is InChI=1S/C21H18ClN3O2S/c1-14-7-12-18-19(13-14)24-21(23-18)20(15-5-3-2-4-6-15)25-28(26,27)17-10-8-16(22)9-11-17/h2-13,20,25H,1H3,(H,23,24). The minimum absolute atomic E-state index is 0.143. The van der Waals surface area contributed by atoms with Crippen LogP contribution in [0.5, 0.6) is 0 Å². The molecule has 28 heavy (non-hydrogen) atoms. The number of nitrogens with one attached hydrogen (secondary N) is 2. The Bertz CT molecular complexity index is 1220. The summed E-state index contributed by atoms with van der Waals surface area (Å²) in [6.45, 7) is 2.00. The molecule has 0 bridgehead atoms. The Labute approximate surface area is 168 Å². The van der Waals surface area contributed by atoms with Crippen LogP contribution in [-0.4, -0.2) is 18.4 Å². The van der Waals surface area contributed by atoms with E-state index in [1.165, 1.54) is 12.1 Å². The van der Waals surface area contributed by atoms with Gasteiger partial charge in [0.15, 0.2) is 0 Å². The first-order valence-corrected chi connectivity index (χ1v) is 10.6. The molecule has 0 aliphatic carbocycles. The van der Waals surface area contributed by atoms with Crippen molar-refractivity contribution < 1.29 is 8.42 Å². The highest BCUT2D eigenvalue weighted by Crippen LogP contribution is 2.25. The summed E-state index contributed by atoms with van der Waals surface area (Å²) in [6, 6.07) is 20.6. The summed E-state index contributed by atoms with van der Waals surface area (Å²) in [5.41, 5.74) is 3.53. The van der Waals surface area contributed by atoms with Crippen LogP contribution >= 0.6 is 11.6 Å². The molecule has 7 heteroatoms. The van der Waals surface area contributed by atoms with Gasteiger partial charge in [-0.15, -0.1) is 0 Å². The number of aromatic nitrogens is 2. The van der Waals surface area contributed by atoms with Gasteiger partial charge in [0.1, 0.15) is 11.9 Å². The zero-order chi connectivity index (χ0) is 19.7. The first-order valence-electron chi connectivity index (χ1n) is 8.71. The highest BCUT2D eigenvalue weighted by Gasteiger charge is 2.25. The molecule has 0 saturated carbocycles. The zero-order valence-electron chi connectivity index (χ0n) is 15.1. The van der Waals surface area contributed by atoms with Crippen LogP contribution in [0.1, 0.15) is 23.0 Å². The van der Waals surface area contributed by atoms with Gasteiger partial charge in [-0.05, 0) is 54.4 Å². The average Bonchev–Trinajstić information content (AvgIpc) is 3.10. The number of sulfonamides is 1. The predicted molar refractivity (Wildman–Crippen MR) is 111 cm³/mol. The normalized spacial score (nSPS) is 12.9. The topological polar surface area (TPSA) is 74.8 Å². The molecular weight excluding hydrogens is 394 g/mol. The molecular formula is C21H18ClN3O2S. The van der Waals surface area contributed by atoms with Crippen molar-refractivity contribution in [2.45, 2.75) is 17.9 Å². The number of H-pyrrole nitrogens is 1. The lowest BCUT2D eigenvalue weighted by atomic mass is 10.1. The Morgan fingerprint density at radius 3 is 2.43 bits per heavy atom. The zero-order valence-corrected chi connectivity index (χ0v) is 16.6. The van der Waals surface area contributed by atoms with Crippen LogP contribution in [0.2, 0.25) is 5.02 Å². The van der Waals surface area contributed by atoms with E-state index >= 15 is 0 Å². The summed E-state index contributed by atoms with van der Waals surface area (Å²) >= 11 is 5.89. The second-order valence-corrected chi connectivity index (χ2v) is 8.71. The summed E-state index contributed by atoms with van der Waals surface area (Å²) in [5.74, 6) is 0.532. The molecule has 4 rings (SSSR count). The van der Waals surface area contributed by atoms with Crippen molar-refractivity contribution in [2.24, 2.45) is 0 Å². The average molecular weight is 412 g/mol. The summed E-state index contributed by atoms with van der Waals surface area (Å²) in [5, 5.41) is 0.478. The van der Waals surface area contributed by atoms with Crippen molar-refractivity contribution in [2.75, 3.05) is 0 Å². The third-order valence-electron chi connectivity index (χ3n) is 4.46. The third kappa shape index (κ3) is 3.80. The monoisotopic (exact) mass is 411 g/mol. The molecule has 4 aromatic rings. The van der Waals surface area contributed by atoms with Crippen molar-refractivity contribution in [3.8, 4) is 0 Å². The highest BCUT2D eigenvalue weighted by atomic mass is 35.5. The molecule has 0 spiro atoms. The van der Waals surface area contributed by atoms with E-state index in [0.717, 1.165) is 22.2 Å². The van der Waals surface area contributed by atoms with Crippen LogP contribution in [0, 0.1) is 6.92 Å². The molecule has 1 heterocycles. The third-order valence-corrected chi connectivity index (χ3v) is 6.15. The molecule has 1 atom stereocenters. The quantitative estimate of drug-likeness (QED) is 0.504. The van der Waals surface area contributed by atoms with Crippen molar-refractivity contribution in [1.82, 2.24) is 14.7 Å². The van der Waals surface area contributed by atoms with Crippen LogP contribution in [-0.2, 0) is 10.0 Å². The number of hydrogen-bond acceptors (Lipinski definition) is 3. The molecule has 0 aliphatic heterocycles. The van der Waals surface area contributed by atoms with E-state index < -0.39 is 16.1 Å². The predicted octanol–water partition coefficient (Wildman–Crippen LogP) is 4.59. The summed E-state index contributed by atoms with van der Waals surface area (Å²) in [7, 11) is -3.79. The molecule has 0 radical (unpaired) electrons. The van der Waals surface area contributed by atoms with Gasteiger partial charge in [-0.2, -0.15) is 4.72 Å². The van der Waals surface area contributed by atoms with Gasteiger partial charge in [-0.3, -0.25) is 0 Å². The number of benzene rings is 3. The number of hydrogen-bond donors (Lipinski definition) is 2. The molecule has 0 amide bonds. The van der Waals surface area contributed by atoms with Crippen LogP contribution in [0.15, 0.2) is 77.7 Å². The van der Waals surface area contributed by atoms with Crippen molar-refractivity contribution >= 4 is 32.7 Å². The molecule has 0 aliphatic rings. The fourth-order valence-corrected chi connectivity index (χ4v) is 4.36. The Kier molecular flexibility index (Phi) is 4.93. The molecule has 0 saturated heterocycles. The number of fused-ring (bicyclic) bond motifs is 1. The van der Waals surface area contributed by atoms with Gasteiger partial charge in [-0.1, -0.05) is 48.0 Å². The minimum Gasteiger partial charge on any atom is -0.340 e. The molecule has 2 N–H and O–H groups in total. The molecule has 5 nitrogen and oxygen atoms in total. The largest absolute Gasteiger partial charge is 0.340 e. The second-order valence-electron chi connectivity index (χ2n) is 6.56. The van der Waals surface area contributed by atoms with Crippen LogP contribution < -0.4 is 4.72 Å². The highest BCUT2D eigenvalue weighted by molar-refractivity contribution is 7.89. The van der Waals surface area contributed by atoms with Gasteiger partial charge in [-0.25, -0.2) is 13.4 Å². The number of halogens is 1. The van der Waals surface area contributed by atoms with Crippen LogP contribution in [0.4, 0.5) is 0 Å². The maximum atomic E-state index is 13.0. The Balaban J connectivity index is 1.78. The number of nitrogens with zero attached hydrogens (tertiary/aromatic N) is 1. The Morgan fingerprint density at radius 2 is 1.71 bits per heavy atom. The number of imidazole rings is 1. The molecule has 3 aromatic carbocycles. The van der Waals surface area contributed by atoms with E-state index in [1.54, 1.807) is 12.1 Å². The van der Waals surface area contributed by atoms with Crippen molar-refractivity contribution in [3.63, 3.8) is 0 Å². The molecule has 142 valence electrons. The van der Waals surface area contributed by atoms with Crippen molar-refractivity contribution in [1.29, 1.82) is 0 Å². The molecule has 0 fully saturated rings. The lowest BCUT2D eigenvalue weighted by Gasteiger charge is -2.17. The van der Waals surface area contributed by atoms with Crippen LogP contribution in [0.3, 0.4) is 0 Å². The van der Waals surface area contributed by atoms with Crippen LogP contribution in [0.25, 0.3) is 11.0 Å². The van der Waals surface area contributed by atoms with E-state index in [-0.39, 0.29) is 4.90 Å². The van der Waals surface area contributed by atoms with Gasteiger partial charge < -0.3 is 4.98 Å². The van der Waals surface area contributed by atoms with Gasteiger partial charge in [0.25, 0.3) is 0 Å². The SMILES string of the molecule is Cc1ccc2nc(C(NS(=O)(=O)c3ccc(Cl)cc3)c3ccccc3)[nH]c2c1. The Morgan fingerprint density at radius 1 is 1.00 bits per heavy atom. The summed E-state index contributed by atoms with van der Waals surface area (Å²) < 4.78 is 28.7. The first-order chi connectivity index (χ1) is 13.4.